The summed E-state index contributed by atoms with van der Waals surface area (Å²) in [5.74, 6) is 0. The van der Waals surface area contributed by atoms with Crippen LogP contribution in [0.5, 0.6) is 0 Å². The predicted octanol–water partition coefficient (Wildman–Crippen LogP) is 15.8. The molecule has 0 bridgehead atoms. The fourth-order valence-electron chi connectivity index (χ4n) is 9.73. The maximum atomic E-state index is 2.32. The van der Waals surface area contributed by atoms with Gasteiger partial charge < -0.3 is 0 Å². The maximum absolute atomic E-state index is 2.32. The van der Waals surface area contributed by atoms with E-state index in [0.717, 1.165) is 0 Å². The van der Waals surface area contributed by atoms with Crippen LogP contribution in [-0.2, 0) is 0 Å². The van der Waals surface area contributed by atoms with Gasteiger partial charge in [-0.1, -0.05) is 218 Å². The molecule has 268 valence electrons. The van der Waals surface area contributed by atoms with Crippen LogP contribution in [0.15, 0.2) is 218 Å². The van der Waals surface area contributed by atoms with Gasteiger partial charge in [0.1, 0.15) is 0 Å². The van der Waals surface area contributed by atoms with Gasteiger partial charge in [-0.25, -0.2) is 0 Å². The number of hydrogen-bond acceptors (Lipinski definition) is 0. The average Bonchev–Trinajstić information content (AvgIpc) is 3.30. The number of hydrogen-bond donors (Lipinski definition) is 0. The van der Waals surface area contributed by atoms with Crippen molar-refractivity contribution in [1.29, 1.82) is 0 Å². The minimum Gasteiger partial charge on any atom is -0.0622 e. The van der Waals surface area contributed by atoms with Gasteiger partial charge in [-0.05, 0) is 120 Å². The molecule has 0 radical (unpaired) electrons. The Bertz CT molecular complexity index is 3230. The molecule has 0 aliphatic heterocycles. The predicted molar refractivity (Wildman–Crippen MR) is 249 cm³/mol. The summed E-state index contributed by atoms with van der Waals surface area (Å²) in [5, 5.41) is 15.7. The zero-order valence-electron chi connectivity index (χ0n) is 31.8. The Balaban J connectivity index is 1.02. The highest BCUT2D eigenvalue weighted by Crippen LogP contribution is 2.43. The third-order valence-electron chi connectivity index (χ3n) is 12.4. The second-order valence-electron chi connectivity index (χ2n) is 15.6. The van der Waals surface area contributed by atoms with Crippen molar-refractivity contribution in [3.05, 3.63) is 241 Å². The lowest BCUT2D eigenvalue weighted by Gasteiger charge is -2.19. The van der Waals surface area contributed by atoms with Crippen molar-refractivity contribution in [3.8, 4) is 22.3 Å². The first kappa shape index (κ1) is 32.7. The van der Waals surface area contributed by atoms with E-state index in [1.807, 2.05) is 0 Å². The fourth-order valence-corrected chi connectivity index (χ4v) is 9.73. The molecule has 0 heterocycles. The Morgan fingerprint density at radius 3 is 0.897 bits per heavy atom. The summed E-state index contributed by atoms with van der Waals surface area (Å²) in [5.41, 5.74) is 12.1. The average molecular weight is 733 g/mol. The lowest BCUT2D eigenvalue weighted by atomic mass is 9.84. The van der Waals surface area contributed by atoms with E-state index < -0.39 is 0 Å². The summed E-state index contributed by atoms with van der Waals surface area (Å²) < 4.78 is 0. The SMILES string of the molecule is c1ccc(/C(=C(/c2ccccc2)c2ccc(-c3ccc4ccc5cccc6ccc3c4c56)cc2)c2ccc(-c3ccc4ccc5cccc6ccc3c4c56)cc2)cc1. The standard InChI is InChI=1S/C58H36/c1-3-9-39(10-4-1)53(45-21-17-37(18-22-45)49-33-29-47-27-25-41-13-7-15-43-31-35-51(49)57(47)55(41)43)54(40-11-5-2-6-12-40)46-23-19-38(20-24-46)50-34-30-48-28-26-42-14-8-16-44-32-36-52(50)58(48)56(42)44/h1-36H/b54-53+. The van der Waals surface area contributed by atoms with Crippen LogP contribution < -0.4 is 0 Å². The van der Waals surface area contributed by atoms with Crippen LogP contribution in [0.3, 0.4) is 0 Å². The highest BCUT2D eigenvalue weighted by Gasteiger charge is 2.19. The molecule has 0 aromatic heterocycles. The van der Waals surface area contributed by atoms with E-state index in [2.05, 4.69) is 218 Å². The van der Waals surface area contributed by atoms with Crippen LogP contribution in [0.2, 0.25) is 0 Å². The van der Waals surface area contributed by atoms with Gasteiger partial charge in [0.15, 0.2) is 0 Å². The molecule has 0 atom stereocenters. The summed E-state index contributed by atoms with van der Waals surface area (Å²) in [7, 11) is 0. The summed E-state index contributed by atoms with van der Waals surface area (Å²) >= 11 is 0. The smallest absolute Gasteiger partial charge is 0.00206 e. The summed E-state index contributed by atoms with van der Waals surface area (Å²) in [6.07, 6.45) is 0. The van der Waals surface area contributed by atoms with Crippen LogP contribution in [0.4, 0.5) is 0 Å². The van der Waals surface area contributed by atoms with Gasteiger partial charge in [0.05, 0.1) is 0 Å². The van der Waals surface area contributed by atoms with Gasteiger partial charge in [-0.15, -0.1) is 0 Å². The molecule has 0 nitrogen and oxygen atoms in total. The third-order valence-corrected chi connectivity index (χ3v) is 12.4. The molecular weight excluding hydrogens is 697 g/mol. The van der Waals surface area contributed by atoms with Crippen molar-refractivity contribution in [2.45, 2.75) is 0 Å². The summed E-state index contributed by atoms with van der Waals surface area (Å²) in [6, 6.07) is 80.8. The first-order valence-corrected chi connectivity index (χ1v) is 20.2. The van der Waals surface area contributed by atoms with E-state index in [1.165, 1.54) is 120 Å². The first-order chi connectivity index (χ1) is 28.8. The van der Waals surface area contributed by atoms with Crippen LogP contribution in [0, 0.1) is 0 Å². The number of benzene rings is 12. The van der Waals surface area contributed by atoms with E-state index in [1.54, 1.807) is 0 Å². The largest absolute Gasteiger partial charge is 0.0622 e. The van der Waals surface area contributed by atoms with Gasteiger partial charge in [-0.3, -0.25) is 0 Å². The van der Waals surface area contributed by atoms with Gasteiger partial charge in [-0.2, -0.15) is 0 Å². The van der Waals surface area contributed by atoms with E-state index in [4.69, 9.17) is 0 Å². The van der Waals surface area contributed by atoms with E-state index in [0.29, 0.717) is 0 Å². The van der Waals surface area contributed by atoms with E-state index in [9.17, 15) is 0 Å². The lowest BCUT2D eigenvalue weighted by Crippen LogP contribution is -1.98. The second-order valence-corrected chi connectivity index (χ2v) is 15.6. The molecule has 0 amide bonds. The van der Waals surface area contributed by atoms with Crippen LogP contribution >= 0.6 is 0 Å². The van der Waals surface area contributed by atoms with Crippen molar-refractivity contribution in [2.75, 3.05) is 0 Å². The topological polar surface area (TPSA) is 0 Å². The molecular formula is C58H36. The molecule has 0 N–H and O–H groups in total. The molecule has 0 saturated carbocycles. The van der Waals surface area contributed by atoms with Crippen LogP contribution in [-0.4, -0.2) is 0 Å². The summed E-state index contributed by atoms with van der Waals surface area (Å²) in [6.45, 7) is 0. The van der Waals surface area contributed by atoms with Gasteiger partial charge in [0.25, 0.3) is 0 Å². The molecule has 0 spiro atoms. The van der Waals surface area contributed by atoms with Crippen LogP contribution in [0.1, 0.15) is 22.3 Å². The molecule has 12 aromatic carbocycles. The normalized spacial score (nSPS) is 12.4. The summed E-state index contributed by atoms with van der Waals surface area (Å²) in [4.78, 5) is 0. The Hall–Kier alpha value is -7.54. The Morgan fingerprint density at radius 1 is 0.207 bits per heavy atom. The van der Waals surface area contributed by atoms with E-state index in [-0.39, 0.29) is 0 Å². The van der Waals surface area contributed by atoms with Crippen molar-refractivity contribution in [2.24, 2.45) is 0 Å². The van der Waals surface area contributed by atoms with Crippen molar-refractivity contribution >= 4 is 75.8 Å². The fraction of sp³-hybridized carbons (Fsp3) is 0. The Kier molecular flexibility index (Phi) is 7.33. The number of rotatable bonds is 6. The van der Waals surface area contributed by atoms with Crippen molar-refractivity contribution < 1.29 is 0 Å². The zero-order chi connectivity index (χ0) is 38.2. The van der Waals surface area contributed by atoms with E-state index >= 15 is 0 Å². The minimum absolute atomic E-state index is 1.18. The highest BCUT2D eigenvalue weighted by atomic mass is 14.2. The second kappa shape index (κ2) is 13.0. The molecule has 12 aromatic rings. The highest BCUT2D eigenvalue weighted by molar-refractivity contribution is 6.26. The van der Waals surface area contributed by atoms with Gasteiger partial charge >= 0.3 is 0 Å². The molecule has 0 fully saturated rings. The third kappa shape index (κ3) is 5.09. The molecule has 0 heteroatoms. The monoisotopic (exact) mass is 732 g/mol. The van der Waals surface area contributed by atoms with Crippen molar-refractivity contribution in [3.63, 3.8) is 0 Å². The molecule has 58 heavy (non-hydrogen) atoms. The molecule has 0 aliphatic carbocycles. The first-order valence-electron chi connectivity index (χ1n) is 20.2. The maximum Gasteiger partial charge on any atom is -0.00206 e. The Labute approximate surface area is 337 Å². The van der Waals surface area contributed by atoms with Gasteiger partial charge in [0, 0.05) is 0 Å². The van der Waals surface area contributed by atoms with Crippen molar-refractivity contribution in [1.82, 2.24) is 0 Å². The molecule has 0 saturated heterocycles. The quantitative estimate of drug-likeness (QED) is 0.118. The zero-order valence-corrected chi connectivity index (χ0v) is 31.8. The van der Waals surface area contributed by atoms with Crippen LogP contribution in [0.25, 0.3) is 98.0 Å². The lowest BCUT2D eigenvalue weighted by molar-refractivity contribution is 1.50. The van der Waals surface area contributed by atoms with Gasteiger partial charge in [0.2, 0.25) is 0 Å². The Morgan fingerprint density at radius 2 is 0.517 bits per heavy atom. The molecule has 0 unspecified atom stereocenters. The minimum atomic E-state index is 1.18. The molecule has 12 rings (SSSR count). The molecule has 0 aliphatic rings.